The van der Waals surface area contributed by atoms with Crippen molar-refractivity contribution in [1.29, 1.82) is 0 Å². The van der Waals surface area contributed by atoms with E-state index in [9.17, 15) is 13.2 Å². The third-order valence-corrected chi connectivity index (χ3v) is 9.07. The fourth-order valence-electron chi connectivity index (χ4n) is 3.93. The number of aromatic nitrogens is 1. The predicted molar refractivity (Wildman–Crippen MR) is 133 cm³/mol. The molecule has 0 aliphatic carbocycles. The molecule has 2 heterocycles. The molecule has 182 valence electrons. The Morgan fingerprint density at radius 1 is 1.30 bits per heavy atom. The minimum atomic E-state index is -3.04. The normalized spacial score (nSPS) is 17.7. The molecule has 1 aromatic heterocycles. The van der Waals surface area contributed by atoms with Crippen molar-refractivity contribution < 1.29 is 17.6 Å². The molecule has 1 aliphatic rings. The number of aryl methyl sites for hydroxylation is 1. The van der Waals surface area contributed by atoms with Gasteiger partial charge >= 0.3 is 0 Å². The number of sulfone groups is 1. The van der Waals surface area contributed by atoms with E-state index in [0.29, 0.717) is 31.7 Å². The number of hydrogen-bond donors (Lipinski definition) is 2. The van der Waals surface area contributed by atoms with Gasteiger partial charge in [-0.3, -0.25) is 9.52 Å². The fourth-order valence-corrected chi connectivity index (χ4v) is 6.56. The molecular formula is C23H34N4O4S2. The van der Waals surface area contributed by atoms with Gasteiger partial charge in [0.15, 0.2) is 15.5 Å². The van der Waals surface area contributed by atoms with E-state index in [0.717, 1.165) is 29.8 Å². The van der Waals surface area contributed by atoms with Crippen LogP contribution in [0.5, 0.6) is 0 Å². The lowest BCUT2D eigenvalue weighted by Gasteiger charge is -2.18. The highest BCUT2D eigenvalue weighted by Gasteiger charge is 2.28. The number of nitrogens with zero attached hydrogens (tertiary/aromatic N) is 2. The second-order valence-electron chi connectivity index (χ2n) is 8.78. The van der Waals surface area contributed by atoms with E-state index in [2.05, 4.69) is 41.0 Å². The average molecular weight is 495 g/mol. The molecule has 2 N–H and O–H groups in total. The van der Waals surface area contributed by atoms with E-state index >= 15 is 0 Å². The Kier molecular flexibility index (Phi) is 8.83. The number of hydrogen-bond acceptors (Lipinski definition) is 8. The van der Waals surface area contributed by atoms with Gasteiger partial charge in [-0.25, -0.2) is 12.7 Å². The van der Waals surface area contributed by atoms with E-state index in [-0.39, 0.29) is 28.6 Å². The SMILES string of the molecule is CCCS(=O)(=O)C1CCCN(SNC(=O)c2coc(Nc3cc(C)ccc3C(C)C)n2)CC1. The highest BCUT2D eigenvalue weighted by atomic mass is 32.2. The summed E-state index contributed by atoms with van der Waals surface area (Å²) in [4.78, 5) is 16.9. The predicted octanol–water partition coefficient (Wildman–Crippen LogP) is 4.82. The molecule has 2 aromatic rings. The van der Waals surface area contributed by atoms with Crippen LogP contribution in [0.15, 0.2) is 28.9 Å². The quantitative estimate of drug-likeness (QED) is 0.478. The van der Waals surface area contributed by atoms with Gasteiger partial charge in [-0.1, -0.05) is 32.9 Å². The lowest BCUT2D eigenvalue weighted by molar-refractivity contribution is 0.0978. The highest BCUT2D eigenvalue weighted by Crippen LogP contribution is 2.28. The zero-order valence-electron chi connectivity index (χ0n) is 19.8. The van der Waals surface area contributed by atoms with E-state index in [1.165, 1.54) is 18.4 Å². The molecular weight excluding hydrogens is 460 g/mol. The van der Waals surface area contributed by atoms with Crippen molar-refractivity contribution in [2.45, 2.75) is 64.5 Å². The molecule has 0 saturated carbocycles. The summed E-state index contributed by atoms with van der Waals surface area (Å²) < 4.78 is 35.0. The van der Waals surface area contributed by atoms with E-state index in [4.69, 9.17) is 4.42 Å². The zero-order valence-corrected chi connectivity index (χ0v) is 21.4. The first-order valence-electron chi connectivity index (χ1n) is 11.5. The number of benzene rings is 1. The standard InChI is InChI=1S/C23H34N4O4S2/c1-5-13-33(29,30)18-7-6-11-27(12-10-18)32-26-22(28)21-15-31-23(25-21)24-20-14-17(4)8-9-19(20)16(2)3/h8-9,14-16,18H,5-7,10-13H2,1-4H3,(H,24,25)(H,26,28). The molecule has 1 amide bonds. The van der Waals surface area contributed by atoms with Crippen LogP contribution in [0.4, 0.5) is 11.7 Å². The number of rotatable bonds is 9. The Hall–Kier alpha value is -2.04. The van der Waals surface area contributed by atoms with Gasteiger partial charge in [0.25, 0.3) is 11.9 Å². The van der Waals surface area contributed by atoms with Gasteiger partial charge in [-0.05, 0) is 55.7 Å². The second-order valence-corrected chi connectivity index (χ2v) is 12.1. The fraction of sp³-hybridized carbons (Fsp3) is 0.565. The molecule has 1 aromatic carbocycles. The van der Waals surface area contributed by atoms with Crippen LogP contribution in [0, 0.1) is 6.92 Å². The monoisotopic (exact) mass is 494 g/mol. The maximum atomic E-state index is 12.6. The van der Waals surface area contributed by atoms with Crippen LogP contribution in [0.3, 0.4) is 0 Å². The van der Waals surface area contributed by atoms with Crippen LogP contribution < -0.4 is 10.0 Å². The minimum Gasteiger partial charge on any atom is -0.431 e. The molecule has 3 rings (SSSR count). The molecule has 0 radical (unpaired) electrons. The van der Waals surface area contributed by atoms with Crippen molar-refractivity contribution in [3.63, 3.8) is 0 Å². The van der Waals surface area contributed by atoms with Crippen LogP contribution in [0.25, 0.3) is 0 Å². The first kappa shape index (κ1) is 25.6. The van der Waals surface area contributed by atoms with Crippen molar-refractivity contribution in [2.75, 3.05) is 24.2 Å². The molecule has 1 atom stereocenters. The van der Waals surface area contributed by atoms with E-state index in [1.54, 1.807) is 0 Å². The van der Waals surface area contributed by atoms with Crippen LogP contribution in [0.1, 0.15) is 74.0 Å². The van der Waals surface area contributed by atoms with Crippen molar-refractivity contribution in [3.05, 3.63) is 41.3 Å². The van der Waals surface area contributed by atoms with Crippen molar-refractivity contribution in [3.8, 4) is 0 Å². The summed E-state index contributed by atoms with van der Waals surface area (Å²) in [6.45, 7) is 9.47. The van der Waals surface area contributed by atoms with E-state index in [1.807, 2.05) is 24.2 Å². The maximum absolute atomic E-state index is 12.6. The van der Waals surface area contributed by atoms with Crippen molar-refractivity contribution in [2.24, 2.45) is 0 Å². The van der Waals surface area contributed by atoms with Gasteiger partial charge in [-0.2, -0.15) is 4.98 Å². The molecule has 33 heavy (non-hydrogen) atoms. The summed E-state index contributed by atoms with van der Waals surface area (Å²) in [7, 11) is -3.04. The Morgan fingerprint density at radius 3 is 2.82 bits per heavy atom. The number of anilines is 2. The van der Waals surface area contributed by atoms with Gasteiger partial charge < -0.3 is 9.73 Å². The number of carbonyl (C=O) groups is 1. The maximum Gasteiger partial charge on any atom is 0.299 e. The summed E-state index contributed by atoms with van der Waals surface area (Å²) in [5.41, 5.74) is 3.35. The Labute approximate surface area is 201 Å². The lowest BCUT2D eigenvalue weighted by Crippen LogP contribution is -2.28. The van der Waals surface area contributed by atoms with E-state index < -0.39 is 9.84 Å². The van der Waals surface area contributed by atoms with Crippen LogP contribution in [-0.2, 0) is 9.84 Å². The summed E-state index contributed by atoms with van der Waals surface area (Å²) in [5.74, 6) is 0.211. The van der Waals surface area contributed by atoms with Gasteiger partial charge in [0.1, 0.15) is 6.26 Å². The molecule has 1 fully saturated rings. The zero-order chi connectivity index (χ0) is 24.0. The lowest BCUT2D eigenvalue weighted by atomic mass is 9.99. The summed E-state index contributed by atoms with van der Waals surface area (Å²) in [6.07, 6.45) is 4.01. The Bertz CT molecular complexity index is 1050. The largest absolute Gasteiger partial charge is 0.431 e. The Morgan fingerprint density at radius 2 is 2.09 bits per heavy atom. The summed E-state index contributed by atoms with van der Waals surface area (Å²) >= 11 is 1.20. The van der Waals surface area contributed by atoms with Crippen molar-refractivity contribution in [1.82, 2.24) is 14.0 Å². The number of oxazole rings is 1. The van der Waals surface area contributed by atoms with Crippen LogP contribution >= 0.6 is 12.1 Å². The number of amides is 1. The topological polar surface area (TPSA) is 105 Å². The highest BCUT2D eigenvalue weighted by molar-refractivity contribution is 7.95. The second kappa shape index (κ2) is 11.4. The minimum absolute atomic E-state index is 0.182. The first-order valence-corrected chi connectivity index (χ1v) is 14.0. The van der Waals surface area contributed by atoms with Crippen molar-refractivity contribution >= 4 is 39.6 Å². The molecule has 1 aliphatic heterocycles. The molecule has 8 nitrogen and oxygen atoms in total. The third-order valence-electron chi connectivity index (χ3n) is 5.71. The van der Waals surface area contributed by atoms with Gasteiger partial charge in [0, 0.05) is 30.9 Å². The molecule has 0 bridgehead atoms. The number of carbonyl (C=O) groups excluding carboxylic acids is 1. The average Bonchev–Trinajstić information content (AvgIpc) is 3.07. The molecule has 10 heteroatoms. The van der Waals surface area contributed by atoms with Gasteiger partial charge in [0.05, 0.1) is 11.0 Å². The summed E-state index contributed by atoms with van der Waals surface area (Å²) in [5, 5.41) is 2.89. The summed E-state index contributed by atoms with van der Waals surface area (Å²) in [6, 6.07) is 6.43. The van der Waals surface area contributed by atoms with Gasteiger partial charge in [0.2, 0.25) is 0 Å². The van der Waals surface area contributed by atoms with Crippen LogP contribution in [-0.4, -0.2) is 47.7 Å². The third kappa shape index (κ3) is 6.97. The Balaban J connectivity index is 1.55. The smallest absolute Gasteiger partial charge is 0.299 e. The molecule has 1 saturated heterocycles. The molecule has 1 unspecified atom stereocenters. The van der Waals surface area contributed by atoms with Gasteiger partial charge in [-0.15, -0.1) is 0 Å². The molecule has 0 spiro atoms. The number of nitrogens with one attached hydrogen (secondary N) is 2. The first-order chi connectivity index (χ1) is 15.7. The van der Waals surface area contributed by atoms with Crippen LogP contribution in [0.2, 0.25) is 0 Å².